The van der Waals surface area contributed by atoms with E-state index in [1.807, 2.05) is 24.3 Å². The smallest absolute Gasteiger partial charge is 0.173 e. The van der Waals surface area contributed by atoms with Crippen molar-refractivity contribution in [3.8, 4) is 0 Å². The minimum atomic E-state index is -0.610. The van der Waals surface area contributed by atoms with Gasteiger partial charge < -0.3 is 10.6 Å². The second-order valence-corrected chi connectivity index (χ2v) is 9.75. The Labute approximate surface area is 213 Å². The van der Waals surface area contributed by atoms with Crippen LogP contribution in [0.5, 0.6) is 0 Å². The number of carbonyl (C=O) groups is 2. The van der Waals surface area contributed by atoms with Crippen LogP contribution in [-0.2, 0) is 12.8 Å². The average molecular weight is 477 g/mol. The zero-order valence-electron chi connectivity index (χ0n) is 21.3. The van der Waals surface area contributed by atoms with E-state index in [0.717, 1.165) is 35.6 Å². The molecule has 0 radical (unpaired) electrons. The van der Waals surface area contributed by atoms with E-state index in [2.05, 4.69) is 74.7 Å². The molecule has 2 aliphatic rings. The van der Waals surface area contributed by atoms with Gasteiger partial charge in [0, 0.05) is 33.9 Å². The van der Waals surface area contributed by atoms with E-state index in [1.54, 1.807) is 12.1 Å². The fraction of sp³-hybridized carbons (Fsp3) is 0.250. The van der Waals surface area contributed by atoms with E-state index < -0.39 is 11.8 Å². The number of benzene rings is 3. The summed E-state index contributed by atoms with van der Waals surface area (Å²) in [5.41, 5.74) is 9.23. The number of aryl methyl sites for hydroxylation is 4. The lowest BCUT2D eigenvalue weighted by Crippen LogP contribution is -2.43. The fourth-order valence-electron chi connectivity index (χ4n) is 5.40. The number of nitrogens with one attached hydrogen (secondary N) is 2. The maximum atomic E-state index is 13.9. The number of rotatable bonds is 6. The highest BCUT2D eigenvalue weighted by Crippen LogP contribution is 2.42. The van der Waals surface area contributed by atoms with Crippen molar-refractivity contribution in [1.29, 1.82) is 0 Å². The Morgan fingerprint density at radius 3 is 1.44 bits per heavy atom. The maximum Gasteiger partial charge on any atom is 0.173 e. The Morgan fingerprint density at radius 2 is 1.06 bits per heavy atom. The third-order valence-electron chi connectivity index (χ3n) is 7.31. The topological polar surface area (TPSA) is 58.2 Å². The minimum absolute atomic E-state index is 0.0221. The molecule has 0 saturated carbocycles. The Kier molecular flexibility index (Phi) is 6.36. The summed E-state index contributed by atoms with van der Waals surface area (Å²) in [5, 5.41) is 7.08. The molecule has 0 aromatic heterocycles. The van der Waals surface area contributed by atoms with E-state index in [0.29, 0.717) is 11.1 Å². The van der Waals surface area contributed by atoms with Crippen LogP contribution in [0.2, 0.25) is 0 Å². The number of allylic oxidation sites excluding steroid dienone is 4. The van der Waals surface area contributed by atoms with Crippen LogP contribution in [0.1, 0.15) is 56.8 Å². The average Bonchev–Trinajstić information content (AvgIpc) is 2.89. The maximum absolute atomic E-state index is 13.9. The summed E-state index contributed by atoms with van der Waals surface area (Å²) in [7, 11) is 0. The zero-order chi connectivity index (χ0) is 25.4. The molecule has 2 aliphatic carbocycles. The van der Waals surface area contributed by atoms with Crippen LogP contribution in [0.3, 0.4) is 0 Å². The van der Waals surface area contributed by atoms with Gasteiger partial charge in [0.2, 0.25) is 0 Å². The van der Waals surface area contributed by atoms with Crippen molar-refractivity contribution in [2.45, 2.75) is 40.5 Å². The number of hydrogen-bond acceptors (Lipinski definition) is 4. The molecule has 4 heteroatoms. The van der Waals surface area contributed by atoms with Crippen molar-refractivity contribution >= 4 is 22.9 Å². The third-order valence-corrected chi connectivity index (χ3v) is 7.31. The van der Waals surface area contributed by atoms with Crippen LogP contribution in [0.4, 0.5) is 11.4 Å². The zero-order valence-corrected chi connectivity index (χ0v) is 21.3. The van der Waals surface area contributed by atoms with Crippen molar-refractivity contribution in [1.82, 2.24) is 0 Å². The molecule has 0 aliphatic heterocycles. The molecule has 0 saturated heterocycles. The molecule has 182 valence electrons. The number of anilines is 2. The number of hydrogen-bond donors (Lipinski definition) is 2. The van der Waals surface area contributed by atoms with Crippen molar-refractivity contribution in [2.75, 3.05) is 10.6 Å². The van der Waals surface area contributed by atoms with Gasteiger partial charge >= 0.3 is 0 Å². The monoisotopic (exact) mass is 476 g/mol. The largest absolute Gasteiger partial charge is 0.358 e. The molecule has 4 nitrogen and oxygen atoms in total. The molecule has 3 aromatic carbocycles. The second kappa shape index (κ2) is 9.62. The predicted molar refractivity (Wildman–Crippen MR) is 147 cm³/mol. The summed E-state index contributed by atoms with van der Waals surface area (Å²) in [6.45, 7) is 8.40. The van der Waals surface area contributed by atoms with Crippen LogP contribution in [0, 0.1) is 25.7 Å². The van der Waals surface area contributed by atoms with Crippen LogP contribution >= 0.6 is 0 Å². The first-order chi connectivity index (χ1) is 17.4. The lowest BCUT2D eigenvalue weighted by Gasteiger charge is -2.37. The number of Topliss-reactive ketones (excluding diaryl/α,β-unsaturated/α-hetero) is 2. The number of carbonyl (C=O) groups excluding carboxylic acids is 2. The van der Waals surface area contributed by atoms with Gasteiger partial charge in [0.15, 0.2) is 11.6 Å². The normalized spacial score (nSPS) is 18.7. The molecule has 0 amide bonds. The van der Waals surface area contributed by atoms with E-state index in [4.69, 9.17) is 0 Å². The molecule has 2 atom stereocenters. The summed E-state index contributed by atoms with van der Waals surface area (Å²) in [5.74, 6) is -1.26. The quantitative estimate of drug-likeness (QED) is 0.400. The summed E-state index contributed by atoms with van der Waals surface area (Å²) in [6, 6.07) is 19.8. The first-order valence-corrected chi connectivity index (χ1v) is 12.7. The Hall–Kier alpha value is -3.92. The van der Waals surface area contributed by atoms with Crippen LogP contribution in [-0.4, -0.2) is 11.6 Å². The molecular weight excluding hydrogens is 444 g/mol. The first kappa shape index (κ1) is 23.8. The van der Waals surface area contributed by atoms with E-state index in [-0.39, 0.29) is 11.6 Å². The van der Waals surface area contributed by atoms with Gasteiger partial charge in [0.1, 0.15) is 0 Å². The van der Waals surface area contributed by atoms with Crippen molar-refractivity contribution < 1.29 is 9.59 Å². The van der Waals surface area contributed by atoms with Crippen molar-refractivity contribution in [3.63, 3.8) is 0 Å². The highest BCUT2D eigenvalue weighted by atomic mass is 16.1. The highest BCUT2D eigenvalue weighted by molar-refractivity contribution is 6.18. The van der Waals surface area contributed by atoms with Crippen LogP contribution in [0.15, 0.2) is 84.2 Å². The minimum Gasteiger partial charge on any atom is -0.358 e. The Morgan fingerprint density at radius 1 is 0.639 bits per heavy atom. The summed E-state index contributed by atoms with van der Waals surface area (Å²) >= 11 is 0. The van der Waals surface area contributed by atoms with Gasteiger partial charge in [0.25, 0.3) is 0 Å². The Balaban J connectivity index is 1.60. The molecule has 0 fully saturated rings. The predicted octanol–water partition coefficient (Wildman–Crippen LogP) is 7.05. The molecule has 0 spiro atoms. The first-order valence-electron chi connectivity index (χ1n) is 12.7. The highest BCUT2D eigenvalue weighted by Gasteiger charge is 2.46. The molecule has 2 unspecified atom stereocenters. The van der Waals surface area contributed by atoms with Gasteiger partial charge in [-0.1, -0.05) is 73.5 Å². The Bertz CT molecular complexity index is 1320. The van der Waals surface area contributed by atoms with E-state index >= 15 is 0 Å². The molecule has 0 bridgehead atoms. The molecule has 5 rings (SSSR count). The van der Waals surface area contributed by atoms with Gasteiger partial charge in [-0.15, -0.1) is 0 Å². The third kappa shape index (κ3) is 4.17. The summed E-state index contributed by atoms with van der Waals surface area (Å²) in [6.07, 6.45) is 5.66. The van der Waals surface area contributed by atoms with Crippen LogP contribution in [0.25, 0.3) is 0 Å². The molecular formula is C32H32N2O2. The molecule has 0 heterocycles. The SMILES string of the molecule is CCc1cc(C)ccc1NC1=CC=C(Nc2ccc(C)cc2CC)C2C(=O)c3ccccc3C(=O)C12. The lowest BCUT2D eigenvalue weighted by atomic mass is 9.69. The number of ketones is 2. The van der Waals surface area contributed by atoms with Crippen molar-refractivity contribution in [2.24, 2.45) is 11.8 Å². The number of fused-ring (bicyclic) bond motifs is 2. The van der Waals surface area contributed by atoms with Gasteiger partial charge in [-0.05, 0) is 62.1 Å². The van der Waals surface area contributed by atoms with Gasteiger partial charge in [-0.3, -0.25) is 9.59 Å². The second-order valence-electron chi connectivity index (χ2n) is 9.75. The van der Waals surface area contributed by atoms with E-state index in [9.17, 15) is 9.59 Å². The van der Waals surface area contributed by atoms with E-state index in [1.165, 1.54) is 22.3 Å². The summed E-state index contributed by atoms with van der Waals surface area (Å²) < 4.78 is 0. The van der Waals surface area contributed by atoms with Crippen molar-refractivity contribution in [3.05, 3.63) is 118 Å². The molecule has 36 heavy (non-hydrogen) atoms. The lowest BCUT2D eigenvalue weighted by molar-refractivity contribution is 0.0787. The molecule has 2 N–H and O–H groups in total. The fourth-order valence-corrected chi connectivity index (χ4v) is 5.40. The van der Waals surface area contributed by atoms with Gasteiger partial charge in [-0.25, -0.2) is 0 Å². The van der Waals surface area contributed by atoms with Gasteiger partial charge in [-0.2, -0.15) is 0 Å². The molecule has 3 aromatic rings. The van der Waals surface area contributed by atoms with Crippen LogP contribution < -0.4 is 10.6 Å². The van der Waals surface area contributed by atoms with Gasteiger partial charge in [0.05, 0.1) is 11.8 Å². The standard InChI is InChI=1S/C32H32N2O2/c1-5-21-17-19(3)11-13-25(21)33-27-15-16-28(34-26-14-12-20(4)18-22(26)6-2)30-29(27)31(35)23-9-7-8-10-24(23)32(30)36/h7-18,29-30,33-34H,5-6H2,1-4H3. The summed E-state index contributed by atoms with van der Waals surface area (Å²) in [4.78, 5) is 27.8.